The highest BCUT2D eigenvalue weighted by atomic mass is 16.5. The Morgan fingerprint density at radius 2 is 1.96 bits per heavy atom. The van der Waals surface area contributed by atoms with E-state index in [0.717, 1.165) is 18.4 Å². The van der Waals surface area contributed by atoms with Crippen molar-refractivity contribution in [3.05, 3.63) is 24.1 Å². The van der Waals surface area contributed by atoms with Crippen LogP contribution < -0.4 is 14.8 Å². The lowest BCUT2D eigenvalue weighted by Crippen LogP contribution is -2.43. The first-order valence-electron chi connectivity index (χ1n) is 9.17. The van der Waals surface area contributed by atoms with Crippen LogP contribution in [0.2, 0.25) is 0 Å². The van der Waals surface area contributed by atoms with Crippen LogP contribution in [0.15, 0.2) is 22.7 Å². The fraction of sp³-hybridized carbons (Fsp3) is 0.526. The highest BCUT2D eigenvalue weighted by molar-refractivity contribution is 5.74. The first kappa shape index (κ1) is 19.0. The van der Waals surface area contributed by atoms with Crippen molar-refractivity contribution in [1.29, 1.82) is 0 Å². The average Bonchev–Trinajstić information content (AvgIpc) is 3.16. The Kier molecular flexibility index (Phi) is 6.16. The highest BCUT2D eigenvalue weighted by Crippen LogP contribution is 2.31. The Hall–Kier alpha value is -2.77. The lowest BCUT2D eigenvalue weighted by Gasteiger charge is -2.25. The molecule has 2 amide bonds. The molecule has 0 unspecified atom stereocenters. The molecule has 0 atom stereocenters. The minimum absolute atomic E-state index is 0.118. The lowest BCUT2D eigenvalue weighted by atomic mass is 9.96. The van der Waals surface area contributed by atoms with Crippen LogP contribution in [0, 0.1) is 0 Å². The number of urea groups is 1. The number of aromatic nitrogens is 2. The van der Waals surface area contributed by atoms with Crippen molar-refractivity contribution in [3.63, 3.8) is 0 Å². The molecule has 1 saturated carbocycles. The number of nitrogens with zero attached hydrogens (tertiary/aromatic N) is 3. The van der Waals surface area contributed by atoms with Crippen LogP contribution in [0.25, 0.3) is 11.4 Å². The highest BCUT2D eigenvalue weighted by Gasteiger charge is 2.20. The number of methoxy groups -OCH3 is 2. The van der Waals surface area contributed by atoms with Gasteiger partial charge in [-0.3, -0.25) is 0 Å². The van der Waals surface area contributed by atoms with Gasteiger partial charge >= 0.3 is 6.03 Å². The molecule has 1 aromatic carbocycles. The van der Waals surface area contributed by atoms with Gasteiger partial charge in [-0.05, 0) is 31.0 Å². The molecule has 0 saturated heterocycles. The number of nitrogens with one attached hydrogen (secondary N) is 1. The van der Waals surface area contributed by atoms with Crippen molar-refractivity contribution < 1.29 is 18.8 Å². The van der Waals surface area contributed by atoms with Crippen molar-refractivity contribution in [3.8, 4) is 22.9 Å². The second kappa shape index (κ2) is 8.75. The summed E-state index contributed by atoms with van der Waals surface area (Å²) in [6.07, 6.45) is 5.69. The molecule has 27 heavy (non-hydrogen) atoms. The van der Waals surface area contributed by atoms with E-state index in [2.05, 4.69) is 15.5 Å². The van der Waals surface area contributed by atoms with Gasteiger partial charge in [0, 0.05) is 18.7 Å². The fourth-order valence-corrected chi connectivity index (χ4v) is 3.22. The zero-order chi connectivity index (χ0) is 19.2. The minimum Gasteiger partial charge on any atom is -0.493 e. The lowest BCUT2D eigenvalue weighted by molar-refractivity contribution is 0.192. The molecular weight excluding hydrogens is 348 g/mol. The zero-order valence-corrected chi connectivity index (χ0v) is 16.0. The van der Waals surface area contributed by atoms with Gasteiger partial charge in [0.2, 0.25) is 11.7 Å². The second-order valence-corrected chi connectivity index (χ2v) is 6.72. The van der Waals surface area contributed by atoms with E-state index in [1.165, 1.54) is 19.3 Å². The van der Waals surface area contributed by atoms with E-state index in [1.54, 1.807) is 38.3 Å². The molecule has 2 aromatic rings. The summed E-state index contributed by atoms with van der Waals surface area (Å²) in [5.74, 6) is 2.03. The van der Waals surface area contributed by atoms with Crippen molar-refractivity contribution >= 4 is 6.03 Å². The predicted octanol–water partition coefficient (Wildman–Crippen LogP) is 3.23. The summed E-state index contributed by atoms with van der Waals surface area (Å²) in [7, 11) is 4.87. The van der Waals surface area contributed by atoms with Gasteiger partial charge in [0.05, 0.1) is 14.2 Å². The number of carbonyl (C=O) groups excluding carboxylic acids is 1. The Labute approximate surface area is 158 Å². The average molecular weight is 374 g/mol. The Morgan fingerprint density at radius 3 is 2.67 bits per heavy atom. The molecule has 8 heteroatoms. The molecule has 1 aliphatic carbocycles. The molecule has 0 bridgehead atoms. The fourth-order valence-electron chi connectivity index (χ4n) is 3.22. The van der Waals surface area contributed by atoms with Gasteiger partial charge in [0.25, 0.3) is 0 Å². The summed E-state index contributed by atoms with van der Waals surface area (Å²) in [5, 5.41) is 7.08. The van der Waals surface area contributed by atoms with Crippen LogP contribution in [0.1, 0.15) is 38.0 Å². The third-order valence-electron chi connectivity index (χ3n) is 4.76. The van der Waals surface area contributed by atoms with Gasteiger partial charge in [-0.2, -0.15) is 4.98 Å². The van der Waals surface area contributed by atoms with Gasteiger partial charge < -0.3 is 24.2 Å². The third kappa shape index (κ3) is 4.69. The van der Waals surface area contributed by atoms with E-state index in [-0.39, 0.29) is 18.6 Å². The van der Waals surface area contributed by atoms with E-state index in [1.807, 2.05) is 6.07 Å². The molecular formula is C19H26N4O4. The van der Waals surface area contributed by atoms with Crippen LogP contribution in [0.3, 0.4) is 0 Å². The van der Waals surface area contributed by atoms with E-state index >= 15 is 0 Å². The summed E-state index contributed by atoms with van der Waals surface area (Å²) < 4.78 is 15.8. The van der Waals surface area contributed by atoms with E-state index in [9.17, 15) is 4.79 Å². The van der Waals surface area contributed by atoms with Crippen LogP contribution in [-0.2, 0) is 6.54 Å². The summed E-state index contributed by atoms with van der Waals surface area (Å²) in [6.45, 7) is 0.249. The molecule has 0 spiro atoms. The first-order chi connectivity index (χ1) is 13.1. The number of ether oxygens (including phenoxy) is 2. The molecule has 8 nitrogen and oxygen atoms in total. The third-order valence-corrected chi connectivity index (χ3v) is 4.76. The topological polar surface area (TPSA) is 89.7 Å². The number of amides is 2. The monoisotopic (exact) mass is 374 g/mol. The van der Waals surface area contributed by atoms with Crippen LogP contribution in [0.4, 0.5) is 4.79 Å². The van der Waals surface area contributed by atoms with E-state index < -0.39 is 0 Å². The quantitative estimate of drug-likeness (QED) is 0.835. The Morgan fingerprint density at radius 1 is 1.22 bits per heavy atom. The number of carbonyl (C=O) groups is 1. The number of hydrogen-bond donors (Lipinski definition) is 1. The molecule has 1 aliphatic rings. The normalized spacial score (nSPS) is 14.6. The van der Waals surface area contributed by atoms with E-state index in [0.29, 0.717) is 23.2 Å². The Bertz CT molecular complexity index is 771. The summed E-state index contributed by atoms with van der Waals surface area (Å²) in [6, 6.07) is 5.54. The maximum Gasteiger partial charge on any atom is 0.317 e. The van der Waals surface area contributed by atoms with Crippen molar-refractivity contribution in [2.45, 2.75) is 44.7 Å². The summed E-state index contributed by atoms with van der Waals surface area (Å²) >= 11 is 0. The SMILES string of the molecule is COc1ccc(-c2noc(CN(C)C(=O)NC3CCCCC3)n2)cc1OC. The van der Waals surface area contributed by atoms with Crippen LogP contribution >= 0.6 is 0 Å². The molecule has 1 fully saturated rings. The largest absolute Gasteiger partial charge is 0.493 e. The Balaban J connectivity index is 1.62. The standard InChI is InChI=1S/C19H26N4O4/c1-23(19(24)20-14-7-5-4-6-8-14)12-17-21-18(22-27-17)13-9-10-15(25-2)16(11-13)26-3/h9-11,14H,4-8,12H2,1-3H3,(H,20,24). The van der Waals surface area contributed by atoms with Gasteiger partial charge in [-0.25, -0.2) is 4.79 Å². The minimum atomic E-state index is -0.118. The number of rotatable bonds is 6. The summed E-state index contributed by atoms with van der Waals surface area (Å²) in [4.78, 5) is 18.3. The summed E-state index contributed by atoms with van der Waals surface area (Å²) in [5.41, 5.74) is 0.747. The molecule has 1 N–H and O–H groups in total. The molecule has 146 valence electrons. The van der Waals surface area contributed by atoms with Gasteiger partial charge in [-0.1, -0.05) is 24.4 Å². The molecule has 0 aliphatic heterocycles. The molecule has 1 heterocycles. The molecule has 3 rings (SSSR count). The predicted molar refractivity (Wildman–Crippen MR) is 99.7 cm³/mol. The smallest absolute Gasteiger partial charge is 0.317 e. The molecule has 1 aromatic heterocycles. The maximum absolute atomic E-state index is 12.3. The second-order valence-electron chi connectivity index (χ2n) is 6.72. The van der Waals surface area contributed by atoms with Crippen molar-refractivity contribution in [1.82, 2.24) is 20.4 Å². The van der Waals surface area contributed by atoms with Crippen LogP contribution in [-0.4, -0.2) is 48.4 Å². The van der Waals surface area contributed by atoms with Gasteiger partial charge in [-0.15, -0.1) is 0 Å². The van der Waals surface area contributed by atoms with E-state index in [4.69, 9.17) is 14.0 Å². The van der Waals surface area contributed by atoms with Crippen LogP contribution in [0.5, 0.6) is 11.5 Å². The number of benzene rings is 1. The van der Waals surface area contributed by atoms with Gasteiger partial charge in [0.1, 0.15) is 6.54 Å². The number of hydrogen-bond acceptors (Lipinski definition) is 6. The zero-order valence-electron chi connectivity index (χ0n) is 16.0. The van der Waals surface area contributed by atoms with Gasteiger partial charge in [0.15, 0.2) is 11.5 Å². The molecule has 0 radical (unpaired) electrons. The van der Waals surface area contributed by atoms with Crippen molar-refractivity contribution in [2.75, 3.05) is 21.3 Å². The van der Waals surface area contributed by atoms with Crippen molar-refractivity contribution in [2.24, 2.45) is 0 Å². The first-order valence-corrected chi connectivity index (χ1v) is 9.17. The maximum atomic E-state index is 12.3.